The van der Waals surface area contributed by atoms with Crippen LogP contribution in [0.5, 0.6) is 0 Å². The van der Waals surface area contributed by atoms with E-state index in [0.29, 0.717) is 29.8 Å². The number of aromatic nitrogens is 1. The summed E-state index contributed by atoms with van der Waals surface area (Å²) in [4.78, 5) is 21.5. The SMILES string of the molecule is Cc1cccc(N2CCN(c3cc(C(=O)O)c4cc(NS(=O)(=O)c5ccccc5)ccc4n3)CC2)c1C.Cl.Cl.Cl. The number of carboxylic acids is 1. The monoisotopic (exact) mass is 624 g/mol. The van der Waals surface area contributed by atoms with Crippen molar-refractivity contribution in [2.75, 3.05) is 40.7 Å². The fraction of sp³-hybridized carbons (Fsp3) is 0.214. The van der Waals surface area contributed by atoms with Crippen LogP contribution in [-0.4, -0.2) is 50.7 Å². The van der Waals surface area contributed by atoms with Gasteiger partial charge in [-0.2, -0.15) is 0 Å². The van der Waals surface area contributed by atoms with Gasteiger partial charge in [0, 0.05) is 42.9 Å². The summed E-state index contributed by atoms with van der Waals surface area (Å²) in [5.41, 5.74) is 4.60. The standard InChI is InChI=1S/C28H28N4O4S.3ClH/c1-19-7-6-10-26(20(19)2)31-13-15-32(16-14-31)27-18-24(28(33)34)23-17-21(11-12-25(23)29-27)30-37(35,36)22-8-4-3-5-9-22;;;/h3-12,17-18,30H,13-16H2,1-2H3,(H,33,34);3*1H. The van der Waals surface area contributed by atoms with Crippen molar-refractivity contribution in [1.82, 2.24) is 4.98 Å². The fourth-order valence-electron chi connectivity index (χ4n) is 4.68. The minimum atomic E-state index is -3.81. The third kappa shape index (κ3) is 6.72. The van der Waals surface area contributed by atoms with Crippen LogP contribution in [0, 0.1) is 13.8 Å². The van der Waals surface area contributed by atoms with Crippen LogP contribution in [0.2, 0.25) is 0 Å². The van der Waals surface area contributed by atoms with E-state index >= 15 is 0 Å². The highest BCUT2D eigenvalue weighted by atomic mass is 35.5. The van der Waals surface area contributed by atoms with E-state index in [1.54, 1.807) is 36.4 Å². The van der Waals surface area contributed by atoms with Crippen LogP contribution >= 0.6 is 37.2 Å². The smallest absolute Gasteiger partial charge is 0.336 e. The Morgan fingerprint density at radius 2 is 1.50 bits per heavy atom. The van der Waals surface area contributed by atoms with E-state index < -0.39 is 16.0 Å². The molecule has 214 valence electrons. The number of aryl methyl sites for hydroxylation is 1. The summed E-state index contributed by atoms with van der Waals surface area (Å²) < 4.78 is 28.0. The number of benzene rings is 3. The van der Waals surface area contributed by atoms with Gasteiger partial charge in [0.05, 0.1) is 16.0 Å². The molecule has 0 radical (unpaired) electrons. The molecule has 1 aliphatic heterocycles. The number of carbonyl (C=O) groups is 1. The van der Waals surface area contributed by atoms with Gasteiger partial charge in [-0.25, -0.2) is 18.2 Å². The number of nitrogens with one attached hydrogen (secondary N) is 1. The van der Waals surface area contributed by atoms with Crippen molar-refractivity contribution in [3.63, 3.8) is 0 Å². The first-order chi connectivity index (χ1) is 17.7. The lowest BCUT2D eigenvalue weighted by atomic mass is 10.1. The molecular formula is C28H31Cl3N4O4S. The first-order valence-corrected chi connectivity index (χ1v) is 13.5. The van der Waals surface area contributed by atoms with E-state index in [-0.39, 0.29) is 53.4 Å². The zero-order valence-corrected chi connectivity index (χ0v) is 25.2. The molecule has 0 bridgehead atoms. The summed E-state index contributed by atoms with van der Waals surface area (Å²) in [5.74, 6) is -0.492. The largest absolute Gasteiger partial charge is 0.478 e. The van der Waals surface area contributed by atoms with Gasteiger partial charge in [-0.05, 0) is 67.4 Å². The summed E-state index contributed by atoms with van der Waals surface area (Å²) in [6.45, 7) is 7.26. The summed E-state index contributed by atoms with van der Waals surface area (Å²) in [6.07, 6.45) is 0. The van der Waals surface area contributed by atoms with Gasteiger partial charge < -0.3 is 14.9 Å². The third-order valence-corrected chi connectivity index (χ3v) is 8.25. The Morgan fingerprint density at radius 1 is 0.850 bits per heavy atom. The number of aromatic carboxylic acids is 1. The third-order valence-electron chi connectivity index (χ3n) is 6.85. The van der Waals surface area contributed by atoms with Crippen molar-refractivity contribution < 1.29 is 18.3 Å². The zero-order valence-electron chi connectivity index (χ0n) is 21.9. The van der Waals surface area contributed by atoms with Crippen molar-refractivity contribution in [2.45, 2.75) is 18.7 Å². The van der Waals surface area contributed by atoms with Crippen LogP contribution in [0.3, 0.4) is 0 Å². The Hall–Kier alpha value is -3.24. The van der Waals surface area contributed by atoms with Crippen LogP contribution in [0.15, 0.2) is 77.7 Å². The Labute approximate surface area is 252 Å². The van der Waals surface area contributed by atoms with Crippen LogP contribution in [-0.2, 0) is 10.0 Å². The fourth-order valence-corrected chi connectivity index (χ4v) is 5.75. The Bertz CT molecular complexity index is 1600. The molecule has 2 heterocycles. The van der Waals surface area contributed by atoms with Gasteiger partial charge in [-0.1, -0.05) is 30.3 Å². The van der Waals surface area contributed by atoms with Gasteiger partial charge in [0.25, 0.3) is 10.0 Å². The van der Waals surface area contributed by atoms with Crippen LogP contribution in [0.1, 0.15) is 21.5 Å². The predicted octanol–water partition coefficient (Wildman–Crippen LogP) is 5.94. The molecule has 4 aromatic rings. The van der Waals surface area contributed by atoms with E-state index in [4.69, 9.17) is 4.98 Å². The lowest BCUT2D eigenvalue weighted by Gasteiger charge is -2.37. The molecule has 1 saturated heterocycles. The van der Waals surface area contributed by atoms with E-state index in [0.717, 1.165) is 13.1 Å². The number of carboxylic acid groups (broad SMARTS) is 1. The number of halogens is 3. The van der Waals surface area contributed by atoms with Gasteiger partial charge in [0.15, 0.2) is 0 Å². The van der Waals surface area contributed by atoms with Crippen LogP contribution < -0.4 is 14.5 Å². The van der Waals surface area contributed by atoms with Crippen LogP contribution in [0.25, 0.3) is 10.9 Å². The number of piperazine rings is 1. The Balaban J connectivity index is 0.00000187. The van der Waals surface area contributed by atoms with E-state index in [9.17, 15) is 18.3 Å². The number of pyridine rings is 1. The Kier molecular flexibility index (Phi) is 11.1. The van der Waals surface area contributed by atoms with Crippen molar-refractivity contribution in [1.29, 1.82) is 0 Å². The highest BCUT2D eigenvalue weighted by molar-refractivity contribution is 7.92. The molecule has 1 fully saturated rings. The topological polar surface area (TPSA) is 103 Å². The average molecular weight is 626 g/mol. The lowest BCUT2D eigenvalue weighted by molar-refractivity contribution is 0.0699. The van der Waals surface area contributed by atoms with E-state index in [1.807, 2.05) is 0 Å². The highest BCUT2D eigenvalue weighted by Crippen LogP contribution is 2.29. The highest BCUT2D eigenvalue weighted by Gasteiger charge is 2.23. The van der Waals surface area contributed by atoms with Gasteiger partial charge in [0.2, 0.25) is 0 Å². The molecule has 2 N–H and O–H groups in total. The minimum absolute atomic E-state index is 0. The molecule has 12 heteroatoms. The number of hydrogen-bond donors (Lipinski definition) is 2. The molecule has 1 aliphatic rings. The number of hydrogen-bond acceptors (Lipinski definition) is 6. The molecule has 1 aromatic heterocycles. The number of anilines is 3. The molecular weight excluding hydrogens is 595 g/mol. The summed E-state index contributed by atoms with van der Waals surface area (Å²) >= 11 is 0. The second-order valence-corrected chi connectivity index (χ2v) is 10.9. The lowest BCUT2D eigenvalue weighted by Crippen LogP contribution is -2.47. The van der Waals surface area contributed by atoms with Crippen molar-refractivity contribution in [3.8, 4) is 0 Å². The normalized spacial score (nSPS) is 13.1. The zero-order chi connectivity index (χ0) is 26.2. The molecule has 0 unspecified atom stereocenters. The molecule has 3 aromatic carbocycles. The van der Waals surface area contributed by atoms with Gasteiger partial charge in [-0.3, -0.25) is 4.72 Å². The molecule has 0 spiro atoms. The van der Waals surface area contributed by atoms with Crippen LogP contribution in [0.4, 0.5) is 17.2 Å². The number of rotatable bonds is 6. The maximum absolute atomic E-state index is 12.7. The van der Waals surface area contributed by atoms with Gasteiger partial charge in [0.1, 0.15) is 5.82 Å². The Morgan fingerprint density at radius 3 is 2.15 bits per heavy atom. The first kappa shape index (κ1) is 33.0. The molecule has 5 rings (SSSR count). The first-order valence-electron chi connectivity index (χ1n) is 12.0. The summed E-state index contributed by atoms with van der Waals surface area (Å²) in [6, 6.07) is 20.7. The van der Waals surface area contributed by atoms with E-state index in [1.165, 1.54) is 35.0 Å². The number of nitrogens with zero attached hydrogens (tertiary/aromatic N) is 3. The molecule has 0 atom stereocenters. The molecule has 0 aliphatic carbocycles. The predicted molar refractivity (Wildman–Crippen MR) is 168 cm³/mol. The van der Waals surface area contributed by atoms with Crippen molar-refractivity contribution in [3.05, 3.63) is 89.5 Å². The molecule has 0 saturated carbocycles. The van der Waals surface area contributed by atoms with Crippen molar-refractivity contribution >= 4 is 81.3 Å². The molecule has 40 heavy (non-hydrogen) atoms. The van der Waals surface area contributed by atoms with Crippen molar-refractivity contribution in [2.24, 2.45) is 0 Å². The van der Waals surface area contributed by atoms with E-state index in [2.05, 4.69) is 46.6 Å². The molecule has 0 amide bonds. The molecule has 8 nitrogen and oxygen atoms in total. The number of sulfonamides is 1. The second-order valence-electron chi connectivity index (χ2n) is 9.18. The summed E-state index contributed by atoms with van der Waals surface area (Å²) in [5, 5.41) is 10.3. The minimum Gasteiger partial charge on any atom is -0.478 e. The number of fused-ring (bicyclic) bond motifs is 1. The van der Waals surface area contributed by atoms with Gasteiger partial charge in [-0.15, -0.1) is 37.2 Å². The maximum Gasteiger partial charge on any atom is 0.336 e. The maximum atomic E-state index is 12.7. The van der Waals surface area contributed by atoms with Gasteiger partial charge >= 0.3 is 5.97 Å². The second kappa shape index (κ2) is 13.4. The quantitative estimate of drug-likeness (QED) is 0.273. The summed E-state index contributed by atoms with van der Waals surface area (Å²) in [7, 11) is -3.81. The average Bonchev–Trinajstić information content (AvgIpc) is 2.90.